The Hall–Kier alpha value is -2.55. The molecule has 0 amide bonds. The van der Waals surface area contributed by atoms with Gasteiger partial charge in [0.1, 0.15) is 17.2 Å². The highest BCUT2D eigenvalue weighted by Crippen LogP contribution is 2.34. The molecular formula is C15H14F3N3O3. The molecule has 0 saturated heterocycles. The number of alkyl halides is 3. The van der Waals surface area contributed by atoms with Gasteiger partial charge in [-0.05, 0) is 0 Å². The molecule has 1 aromatic carbocycles. The third-order valence-electron chi connectivity index (χ3n) is 3.84. The van der Waals surface area contributed by atoms with Gasteiger partial charge in [-0.3, -0.25) is 4.90 Å². The number of hydrogen-bond donors (Lipinski definition) is 3. The molecule has 9 heteroatoms. The Morgan fingerprint density at radius 3 is 2.42 bits per heavy atom. The van der Waals surface area contributed by atoms with E-state index in [1.807, 2.05) is 4.90 Å². The van der Waals surface area contributed by atoms with E-state index in [2.05, 4.69) is 9.97 Å². The van der Waals surface area contributed by atoms with Crippen LogP contribution in [0.25, 0.3) is 0 Å². The summed E-state index contributed by atoms with van der Waals surface area (Å²) < 4.78 is 37.9. The van der Waals surface area contributed by atoms with Crippen molar-refractivity contribution < 1.29 is 28.5 Å². The summed E-state index contributed by atoms with van der Waals surface area (Å²) >= 11 is 0. The molecular weight excluding hydrogens is 327 g/mol. The number of phenols is 3. The first-order valence-corrected chi connectivity index (χ1v) is 7.12. The van der Waals surface area contributed by atoms with Gasteiger partial charge in [0.25, 0.3) is 0 Å². The van der Waals surface area contributed by atoms with E-state index in [1.165, 1.54) is 0 Å². The summed E-state index contributed by atoms with van der Waals surface area (Å²) in [6.07, 6.45) is -3.11. The smallest absolute Gasteiger partial charge is 0.451 e. The van der Waals surface area contributed by atoms with Crippen LogP contribution in [0.15, 0.2) is 18.3 Å². The number of benzene rings is 1. The molecule has 0 unspecified atom stereocenters. The number of fused-ring (bicyclic) bond motifs is 1. The fraction of sp³-hybridized carbons (Fsp3) is 0.333. The fourth-order valence-electron chi connectivity index (χ4n) is 2.66. The second-order valence-corrected chi connectivity index (χ2v) is 5.59. The van der Waals surface area contributed by atoms with E-state index >= 15 is 0 Å². The second kappa shape index (κ2) is 5.82. The van der Waals surface area contributed by atoms with Gasteiger partial charge >= 0.3 is 6.18 Å². The number of phenolic OH excluding ortho intramolecular Hbond substituents is 3. The van der Waals surface area contributed by atoms with Crippen LogP contribution in [0, 0.1) is 0 Å². The lowest BCUT2D eigenvalue weighted by atomic mass is 10.1. The van der Waals surface area contributed by atoms with Crippen LogP contribution in [0.4, 0.5) is 13.2 Å². The van der Waals surface area contributed by atoms with Crippen molar-refractivity contribution >= 4 is 0 Å². The summed E-state index contributed by atoms with van der Waals surface area (Å²) in [6.45, 7) is 0.896. The van der Waals surface area contributed by atoms with Gasteiger partial charge in [0.05, 0.1) is 5.69 Å². The van der Waals surface area contributed by atoms with Crippen molar-refractivity contribution in [1.82, 2.24) is 14.9 Å². The molecule has 1 aromatic heterocycles. The number of halogens is 3. The van der Waals surface area contributed by atoms with E-state index in [1.54, 1.807) is 0 Å². The number of aromatic hydroxyl groups is 3. The maximum absolute atomic E-state index is 12.6. The highest BCUT2D eigenvalue weighted by Gasteiger charge is 2.35. The van der Waals surface area contributed by atoms with Crippen molar-refractivity contribution in [1.29, 1.82) is 0 Å². The quantitative estimate of drug-likeness (QED) is 0.776. The fourth-order valence-corrected chi connectivity index (χ4v) is 2.66. The predicted octanol–water partition coefficient (Wildman–Crippen LogP) is 2.17. The van der Waals surface area contributed by atoms with Gasteiger partial charge in [-0.15, -0.1) is 0 Å². The summed E-state index contributed by atoms with van der Waals surface area (Å²) in [4.78, 5) is 8.77. The van der Waals surface area contributed by atoms with Crippen LogP contribution < -0.4 is 0 Å². The van der Waals surface area contributed by atoms with Gasteiger partial charge < -0.3 is 15.3 Å². The maximum Gasteiger partial charge on any atom is 0.451 e. The molecule has 1 aliphatic rings. The van der Waals surface area contributed by atoms with Crippen LogP contribution in [-0.4, -0.2) is 36.7 Å². The van der Waals surface area contributed by atoms with Gasteiger partial charge in [0.2, 0.25) is 5.82 Å². The van der Waals surface area contributed by atoms with Crippen molar-refractivity contribution in [3.63, 3.8) is 0 Å². The molecule has 1 aliphatic heterocycles. The molecule has 0 atom stereocenters. The molecule has 24 heavy (non-hydrogen) atoms. The standard InChI is InChI=1S/C15H14F3N3O3/c16-15(17,18)14-19-5-8-6-21(2-1-11(8)20-14)7-10-12(23)3-9(22)4-13(10)24/h3-5,22-24H,1-2,6-7H2. The molecule has 128 valence electrons. The Bertz CT molecular complexity index is 757. The number of hydrogen-bond acceptors (Lipinski definition) is 6. The van der Waals surface area contributed by atoms with E-state index in [9.17, 15) is 28.5 Å². The molecule has 3 rings (SSSR count). The molecule has 2 heterocycles. The number of aromatic nitrogens is 2. The Morgan fingerprint density at radius 1 is 1.12 bits per heavy atom. The van der Waals surface area contributed by atoms with E-state index in [0.29, 0.717) is 30.8 Å². The Balaban J connectivity index is 1.79. The van der Waals surface area contributed by atoms with Crippen molar-refractivity contribution in [3.8, 4) is 17.2 Å². The lowest BCUT2D eigenvalue weighted by molar-refractivity contribution is -0.145. The minimum absolute atomic E-state index is 0.179. The summed E-state index contributed by atoms with van der Waals surface area (Å²) in [5, 5.41) is 29.0. The van der Waals surface area contributed by atoms with Gasteiger partial charge in [0, 0.05) is 55.5 Å². The first kappa shape index (κ1) is 16.3. The van der Waals surface area contributed by atoms with Crippen LogP contribution >= 0.6 is 0 Å². The SMILES string of the molecule is Oc1cc(O)c(CN2CCc3nc(C(F)(F)F)ncc3C2)c(O)c1. The third kappa shape index (κ3) is 3.21. The number of nitrogens with zero attached hydrogens (tertiary/aromatic N) is 3. The summed E-state index contributed by atoms with van der Waals surface area (Å²) in [6, 6.07) is 2.23. The predicted molar refractivity (Wildman–Crippen MR) is 76.3 cm³/mol. The topological polar surface area (TPSA) is 89.7 Å². The molecule has 0 aliphatic carbocycles. The Kier molecular flexibility index (Phi) is 3.96. The first-order chi connectivity index (χ1) is 11.2. The maximum atomic E-state index is 12.6. The minimum atomic E-state index is -4.57. The van der Waals surface area contributed by atoms with Crippen molar-refractivity contribution in [3.05, 3.63) is 41.0 Å². The zero-order chi connectivity index (χ0) is 17.5. The van der Waals surface area contributed by atoms with Gasteiger partial charge in [-0.25, -0.2) is 9.97 Å². The molecule has 0 spiro atoms. The largest absolute Gasteiger partial charge is 0.508 e. The Labute approximate surface area is 134 Å². The molecule has 0 bridgehead atoms. The van der Waals surface area contributed by atoms with Crippen LogP contribution in [0.1, 0.15) is 22.6 Å². The van der Waals surface area contributed by atoms with Crippen molar-refractivity contribution in [2.75, 3.05) is 6.54 Å². The summed E-state index contributed by atoms with van der Waals surface area (Å²) in [5.74, 6) is -1.90. The molecule has 0 radical (unpaired) electrons. The second-order valence-electron chi connectivity index (χ2n) is 5.59. The number of rotatable bonds is 2. The third-order valence-corrected chi connectivity index (χ3v) is 3.84. The minimum Gasteiger partial charge on any atom is -0.508 e. The van der Waals surface area contributed by atoms with Gasteiger partial charge in [-0.1, -0.05) is 0 Å². The lowest BCUT2D eigenvalue weighted by Gasteiger charge is -2.28. The normalized spacial score (nSPS) is 15.3. The first-order valence-electron chi connectivity index (χ1n) is 7.12. The molecule has 0 fully saturated rings. The highest BCUT2D eigenvalue weighted by molar-refractivity contribution is 5.48. The van der Waals surface area contributed by atoms with E-state index in [-0.39, 0.29) is 29.4 Å². The van der Waals surface area contributed by atoms with E-state index in [4.69, 9.17) is 0 Å². The van der Waals surface area contributed by atoms with Crippen molar-refractivity contribution in [2.24, 2.45) is 0 Å². The monoisotopic (exact) mass is 341 g/mol. The van der Waals surface area contributed by atoms with Gasteiger partial charge in [-0.2, -0.15) is 13.2 Å². The van der Waals surface area contributed by atoms with E-state index < -0.39 is 12.0 Å². The highest BCUT2D eigenvalue weighted by atomic mass is 19.4. The zero-order valence-electron chi connectivity index (χ0n) is 12.4. The van der Waals surface area contributed by atoms with Crippen LogP contribution in [0.5, 0.6) is 17.2 Å². The summed E-state index contributed by atoms with van der Waals surface area (Å²) in [7, 11) is 0. The molecule has 2 aromatic rings. The van der Waals surface area contributed by atoms with Crippen LogP contribution in [0.2, 0.25) is 0 Å². The zero-order valence-corrected chi connectivity index (χ0v) is 12.4. The average Bonchev–Trinajstić information content (AvgIpc) is 2.49. The van der Waals surface area contributed by atoms with Crippen LogP contribution in [0.3, 0.4) is 0 Å². The van der Waals surface area contributed by atoms with Crippen molar-refractivity contribution in [2.45, 2.75) is 25.7 Å². The lowest BCUT2D eigenvalue weighted by Crippen LogP contribution is -2.31. The average molecular weight is 341 g/mol. The summed E-state index contributed by atoms with van der Waals surface area (Å²) in [5.41, 5.74) is 1.17. The van der Waals surface area contributed by atoms with Gasteiger partial charge in [0.15, 0.2) is 0 Å². The Morgan fingerprint density at radius 2 is 1.79 bits per heavy atom. The van der Waals surface area contributed by atoms with E-state index in [0.717, 1.165) is 18.3 Å². The molecule has 3 N–H and O–H groups in total. The molecule has 6 nitrogen and oxygen atoms in total. The van der Waals surface area contributed by atoms with Crippen LogP contribution in [-0.2, 0) is 25.7 Å². The molecule has 0 saturated carbocycles.